The highest BCUT2D eigenvalue weighted by Gasteiger charge is 2.17. The highest BCUT2D eigenvalue weighted by atomic mass is 32.1. The van der Waals surface area contributed by atoms with Crippen LogP contribution in [0, 0.1) is 5.82 Å². The first-order valence-electron chi connectivity index (χ1n) is 7.66. The molecule has 1 atom stereocenters. The Balaban J connectivity index is 1.64. The van der Waals surface area contributed by atoms with Gasteiger partial charge in [-0.2, -0.15) is 11.3 Å². The summed E-state index contributed by atoms with van der Waals surface area (Å²) in [6.45, 7) is 1.78. The van der Waals surface area contributed by atoms with Gasteiger partial charge in [-0.1, -0.05) is 12.1 Å². The summed E-state index contributed by atoms with van der Waals surface area (Å²) in [5, 5.41) is 6.68. The minimum atomic E-state index is -0.835. The van der Waals surface area contributed by atoms with Gasteiger partial charge in [0, 0.05) is 23.3 Å². The molecule has 0 radical (unpaired) electrons. The molecule has 3 rings (SSSR count). The monoisotopic (exact) mass is 357 g/mol. The van der Waals surface area contributed by atoms with Crippen LogP contribution in [-0.2, 0) is 11.3 Å². The zero-order chi connectivity index (χ0) is 17.6. The maximum absolute atomic E-state index is 13.6. The van der Waals surface area contributed by atoms with Crippen LogP contribution in [-0.4, -0.2) is 22.0 Å². The van der Waals surface area contributed by atoms with Crippen LogP contribution in [0.4, 0.5) is 4.39 Å². The summed E-state index contributed by atoms with van der Waals surface area (Å²) in [7, 11) is 0. The van der Waals surface area contributed by atoms with Crippen molar-refractivity contribution in [2.75, 3.05) is 0 Å². The van der Waals surface area contributed by atoms with Gasteiger partial charge in [-0.15, -0.1) is 0 Å². The first kappa shape index (κ1) is 17.0. The Labute approximate surface area is 148 Å². The Hall–Kier alpha value is -2.80. The van der Waals surface area contributed by atoms with E-state index >= 15 is 0 Å². The van der Waals surface area contributed by atoms with Gasteiger partial charge in [0.1, 0.15) is 0 Å². The minimum Gasteiger partial charge on any atom is -0.478 e. The number of halogens is 1. The molecule has 1 unspecified atom stereocenters. The predicted octanol–water partition coefficient (Wildman–Crippen LogP) is 3.43. The van der Waals surface area contributed by atoms with Gasteiger partial charge in [0.05, 0.1) is 17.9 Å². The van der Waals surface area contributed by atoms with Crippen LogP contribution >= 0.6 is 11.3 Å². The van der Waals surface area contributed by atoms with Crippen LogP contribution in [0.2, 0.25) is 0 Å². The molecular weight excluding hydrogens is 341 g/mol. The molecule has 0 saturated heterocycles. The van der Waals surface area contributed by atoms with Crippen molar-refractivity contribution >= 4 is 17.2 Å². The first-order valence-corrected chi connectivity index (χ1v) is 8.61. The molecule has 7 heteroatoms. The number of hydrogen-bond donors (Lipinski definition) is 1. The summed E-state index contributed by atoms with van der Waals surface area (Å²) in [6.07, 6.45) is 2.36. The normalized spacial score (nSPS) is 11.8. The van der Waals surface area contributed by atoms with Gasteiger partial charge in [0.15, 0.2) is 17.7 Å². The Morgan fingerprint density at radius 3 is 2.84 bits per heavy atom. The number of thiophene rings is 1. The van der Waals surface area contributed by atoms with Crippen molar-refractivity contribution in [3.63, 3.8) is 0 Å². The lowest BCUT2D eigenvalue weighted by molar-refractivity contribution is -0.127. The van der Waals surface area contributed by atoms with E-state index in [1.807, 2.05) is 16.8 Å². The van der Waals surface area contributed by atoms with E-state index in [0.29, 0.717) is 5.69 Å². The topological polar surface area (TPSA) is 64.1 Å². The molecule has 128 valence electrons. The number of ether oxygens (including phenoxy) is 1. The number of nitrogens with zero attached hydrogens (tertiary/aromatic N) is 2. The van der Waals surface area contributed by atoms with Crippen LogP contribution in [0.5, 0.6) is 5.75 Å². The molecule has 0 aliphatic heterocycles. The fraction of sp³-hybridized carbons (Fsp3) is 0.167. The standard InChI is InChI=1S/C18H16FN3O2S/c1-12(24-16-5-3-2-4-14(16)19)18(23)22-10-15-17(21-8-7-20-15)13-6-9-25-11-13/h2-9,11-12H,10H2,1H3,(H,22,23). The average Bonchev–Trinajstić information content (AvgIpc) is 3.16. The van der Waals surface area contributed by atoms with Crippen LogP contribution in [0.25, 0.3) is 11.3 Å². The lowest BCUT2D eigenvalue weighted by Gasteiger charge is -2.15. The molecule has 1 aromatic carbocycles. The van der Waals surface area contributed by atoms with Gasteiger partial charge in [-0.25, -0.2) is 4.39 Å². The zero-order valence-electron chi connectivity index (χ0n) is 13.5. The van der Waals surface area contributed by atoms with E-state index < -0.39 is 11.9 Å². The van der Waals surface area contributed by atoms with Crippen molar-refractivity contribution < 1.29 is 13.9 Å². The second kappa shape index (κ2) is 7.85. The van der Waals surface area contributed by atoms with Crippen LogP contribution in [0.3, 0.4) is 0 Å². The van der Waals surface area contributed by atoms with E-state index in [-0.39, 0.29) is 18.2 Å². The predicted molar refractivity (Wildman–Crippen MR) is 93.7 cm³/mol. The average molecular weight is 357 g/mol. The Morgan fingerprint density at radius 1 is 1.28 bits per heavy atom. The summed E-state index contributed by atoms with van der Waals surface area (Å²) in [5.41, 5.74) is 2.34. The molecule has 2 aromatic heterocycles. The lowest BCUT2D eigenvalue weighted by atomic mass is 10.2. The van der Waals surface area contributed by atoms with E-state index in [2.05, 4.69) is 15.3 Å². The van der Waals surface area contributed by atoms with E-state index in [1.165, 1.54) is 12.1 Å². The van der Waals surface area contributed by atoms with E-state index in [0.717, 1.165) is 11.3 Å². The third-order valence-electron chi connectivity index (χ3n) is 3.51. The molecule has 0 fully saturated rings. The highest BCUT2D eigenvalue weighted by molar-refractivity contribution is 7.08. The maximum atomic E-state index is 13.6. The molecule has 0 saturated carbocycles. The van der Waals surface area contributed by atoms with Gasteiger partial charge >= 0.3 is 0 Å². The maximum Gasteiger partial charge on any atom is 0.261 e. The highest BCUT2D eigenvalue weighted by Crippen LogP contribution is 2.22. The number of benzene rings is 1. The van der Waals surface area contributed by atoms with Gasteiger partial charge < -0.3 is 10.1 Å². The summed E-state index contributed by atoms with van der Waals surface area (Å²) in [6, 6.07) is 7.93. The molecular formula is C18H16FN3O2S. The summed E-state index contributed by atoms with van der Waals surface area (Å²) >= 11 is 1.56. The van der Waals surface area contributed by atoms with E-state index in [4.69, 9.17) is 4.74 Å². The van der Waals surface area contributed by atoms with Crippen LogP contribution in [0.1, 0.15) is 12.6 Å². The summed E-state index contributed by atoms with van der Waals surface area (Å²) in [5.74, 6) is -0.815. The number of para-hydroxylation sites is 1. The number of hydrogen-bond acceptors (Lipinski definition) is 5. The Kier molecular flexibility index (Phi) is 5.35. The fourth-order valence-corrected chi connectivity index (χ4v) is 2.88. The van der Waals surface area contributed by atoms with Gasteiger partial charge in [0.25, 0.3) is 5.91 Å². The van der Waals surface area contributed by atoms with Gasteiger partial charge in [0.2, 0.25) is 0 Å². The minimum absolute atomic E-state index is 0.0450. The second-order valence-electron chi connectivity index (χ2n) is 5.27. The van der Waals surface area contributed by atoms with Crippen molar-refractivity contribution in [3.05, 3.63) is 65.0 Å². The summed E-state index contributed by atoms with van der Waals surface area (Å²) in [4.78, 5) is 20.9. The van der Waals surface area contributed by atoms with Gasteiger partial charge in [-0.3, -0.25) is 14.8 Å². The molecule has 3 aromatic rings. The fourth-order valence-electron chi connectivity index (χ4n) is 2.24. The van der Waals surface area contributed by atoms with Crippen molar-refractivity contribution in [1.29, 1.82) is 0 Å². The van der Waals surface area contributed by atoms with Gasteiger partial charge in [-0.05, 0) is 30.5 Å². The third-order valence-corrected chi connectivity index (χ3v) is 4.19. The largest absolute Gasteiger partial charge is 0.478 e. The SMILES string of the molecule is CC(Oc1ccccc1F)C(=O)NCc1nccnc1-c1ccsc1. The van der Waals surface area contributed by atoms with Crippen LogP contribution < -0.4 is 10.1 Å². The van der Waals surface area contributed by atoms with E-state index in [1.54, 1.807) is 42.8 Å². The van der Waals surface area contributed by atoms with Crippen molar-refractivity contribution in [2.24, 2.45) is 0 Å². The number of nitrogens with one attached hydrogen (secondary N) is 1. The molecule has 25 heavy (non-hydrogen) atoms. The molecule has 0 spiro atoms. The number of rotatable bonds is 6. The Morgan fingerprint density at radius 2 is 2.08 bits per heavy atom. The molecule has 1 N–H and O–H groups in total. The third kappa shape index (κ3) is 4.19. The molecule has 1 amide bonds. The van der Waals surface area contributed by atoms with Crippen molar-refractivity contribution in [2.45, 2.75) is 19.6 Å². The smallest absolute Gasteiger partial charge is 0.261 e. The number of amides is 1. The van der Waals surface area contributed by atoms with Crippen molar-refractivity contribution in [3.8, 4) is 17.0 Å². The lowest BCUT2D eigenvalue weighted by Crippen LogP contribution is -2.36. The number of carbonyl (C=O) groups is 1. The number of aromatic nitrogens is 2. The zero-order valence-corrected chi connectivity index (χ0v) is 14.3. The van der Waals surface area contributed by atoms with E-state index in [9.17, 15) is 9.18 Å². The second-order valence-corrected chi connectivity index (χ2v) is 6.05. The van der Waals surface area contributed by atoms with Crippen LogP contribution in [0.15, 0.2) is 53.5 Å². The molecule has 0 aliphatic carbocycles. The quantitative estimate of drug-likeness (QED) is 0.734. The molecule has 5 nitrogen and oxygen atoms in total. The number of carbonyl (C=O) groups excluding carboxylic acids is 1. The molecule has 0 bridgehead atoms. The summed E-state index contributed by atoms with van der Waals surface area (Å²) < 4.78 is 19.0. The Bertz CT molecular complexity index is 855. The molecule has 0 aliphatic rings. The van der Waals surface area contributed by atoms with Crippen molar-refractivity contribution in [1.82, 2.24) is 15.3 Å². The molecule has 2 heterocycles. The first-order chi connectivity index (χ1) is 12.1.